The van der Waals surface area contributed by atoms with Gasteiger partial charge in [0.2, 0.25) is 5.91 Å². The summed E-state index contributed by atoms with van der Waals surface area (Å²) in [6, 6.07) is 6.97. The average Bonchev–Trinajstić information content (AvgIpc) is 2.86. The maximum absolute atomic E-state index is 12.2. The summed E-state index contributed by atoms with van der Waals surface area (Å²) >= 11 is 0. The van der Waals surface area contributed by atoms with Crippen LogP contribution in [0.5, 0.6) is 5.75 Å². The minimum atomic E-state index is -0.330. The van der Waals surface area contributed by atoms with Crippen LogP contribution >= 0.6 is 0 Å². The van der Waals surface area contributed by atoms with Crippen molar-refractivity contribution in [3.05, 3.63) is 46.8 Å². The average molecular weight is 358 g/mol. The highest BCUT2D eigenvalue weighted by Gasteiger charge is 2.13. The number of ether oxygens (including phenoxy) is 1. The largest absolute Gasteiger partial charge is 0.493 e. The number of carbonyl (C=O) groups is 2. The lowest BCUT2D eigenvalue weighted by Gasteiger charge is -2.10. The lowest BCUT2D eigenvalue weighted by Crippen LogP contribution is -2.37. The lowest BCUT2D eigenvalue weighted by atomic mass is 10.1. The Balaban J connectivity index is 1.81. The van der Waals surface area contributed by atoms with E-state index in [0.717, 1.165) is 17.0 Å². The van der Waals surface area contributed by atoms with Gasteiger partial charge in [0.15, 0.2) is 0 Å². The molecule has 140 valence electrons. The van der Waals surface area contributed by atoms with Gasteiger partial charge >= 0.3 is 0 Å². The number of hydrogen-bond acceptors (Lipinski definition) is 4. The van der Waals surface area contributed by atoms with Gasteiger partial charge in [0, 0.05) is 19.3 Å². The Morgan fingerprint density at radius 1 is 1.19 bits per heavy atom. The number of aromatic nitrogens is 2. The first-order chi connectivity index (χ1) is 12.4. The van der Waals surface area contributed by atoms with Crippen molar-refractivity contribution < 1.29 is 14.3 Å². The van der Waals surface area contributed by atoms with Gasteiger partial charge in [-0.05, 0) is 44.9 Å². The Labute approximate surface area is 153 Å². The predicted octanol–water partition coefficient (Wildman–Crippen LogP) is 1.52. The molecule has 0 saturated heterocycles. The number of amides is 2. The standard InChI is InChI=1S/C19H26N4O3/c1-5-26-17-9-7-6-8-16(17)19(25)21-12-18(24)20-11-10-15-13(2)22-23(4)14(15)3/h6-9H,5,10-12H2,1-4H3,(H,20,24)(H,21,25). The molecular formula is C19H26N4O3. The number of carbonyl (C=O) groups excluding carboxylic acids is 2. The summed E-state index contributed by atoms with van der Waals surface area (Å²) in [5, 5.41) is 9.81. The summed E-state index contributed by atoms with van der Waals surface area (Å²) in [6.07, 6.45) is 0.707. The monoisotopic (exact) mass is 358 g/mol. The van der Waals surface area contributed by atoms with Gasteiger partial charge in [-0.15, -0.1) is 0 Å². The first-order valence-electron chi connectivity index (χ1n) is 8.69. The van der Waals surface area contributed by atoms with E-state index in [1.807, 2.05) is 32.5 Å². The van der Waals surface area contributed by atoms with Gasteiger partial charge in [-0.2, -0.15) is 5.10 Å². The van der Waals surface area contributed by atoms with E-state index < -0.39 is 0 Å². The van der Waals surface area contributed by atoms with Crippen LogP contribution in [0, 0.1) is 13.8 Å². The fourth-order valence-corrected chi connectivity index (χ4v) is 2.76. The number of nitrogens with zero attached hydrogens (tertiary/aromatic N) is 2. The van der Waals surface area contributed by atoms with Crippen molar-refractivity contribution in [1.29, 1.82) is 0 Å². The second-order valence-electron chi connectivity index (χ2n) is 5.98. The lowest BCUT2D eigenvalue weighted by molar-refractivity contribution is -0.120. The van der Waals surface area contributed by atoms with Crippen LogP contribution < -0.4 is 15.4 Å². The van der Waals surface area contributed by atoms with E-state index in [4.69, 9.17) is 4.74 Å². The molecule has 0 spiro atoms. The maximum atomic E-state index is 12.2. The smallest absolute Gasteiger partial charge is 0.255 e. The number of rotatable bonds is 8. The van der Waals surface area contributed by atoms with E-state index >= 15 is 0 Å². The first-order valence-corrected chi connectivity index (χ1v) is 8.69. The van der Waals surface area contributed by atoms with Gasteiger partial charge < -0.3 is 15.4 Å². The topological polar surface area (TPSA) is 85.2 Å². The van der Waals surface area contributed by atoms with Crippen LogP contribution in [0.2, 0.25) is 0 Å². The van der Waals surface area contributed by atoms with Crippen molar-refractivity contribution in [2.75, 3.05) is 19.7 Å². The fraction of sp³-hybridized carbons (Fsp3) is 0.421. The molecule has 2 amide bonds. The fourth-order valence-electron chi connectivity index (χ4n) is 2.76. The van der Waals surface area contributed by atoms with Gasteiger partial charge in [0.25, 0.3) is 5.91 Å². The molecule has 2 rings (SSSR count). The Bertz CT molecular complexity index is 783. The van der Waals surface area contributed by atoms with E-state index in [1.165, 1.54) is 0 Å². The minimum Gasteiger partial charge on any atom is -0.493 e. The summed E-state index contributed by atoms with van der Waals surface area (Å²) < 4.78 is 7.27. The molecule has 26 heavy (non-hydrogen) atoms. The van der Waals surface area contributed by atoms with Crippen molar-refractivity contribution in [3.8, 4) is 5.75 Å². The molecular weight excluding hydrogens is 332 g/mol. The van der Waals surface area contributed by atoms with Crippen LogP contribution in [0.3, 0.4) is 0 Å². The molecule has 0 unspecified atom stereocenters. The predicted molar refractivity (Wildman–Crippen MR) is 99.3 cm³/mol. The van der Waals surface area contributed by atoms with Crippen LogP contribution in [-0.2, 0) is 18.3 Å². The van der Waals surface area contributed by atoms with Gasteiger partial charge in [-0.1, -0.05) is 12.1 Å². The van der Waals surface area contributed by atoms with Crippen LogP contribution in [0.1, 0.15) is 34.2 Å². The normalized spacial score (nSPS) is 10.5. The van der Waals surface area contributed by atoms with Crippen molar-refractivity contribution in [3.63, 3.8) is 0 Å². The van der Waals surface area contributed by atoms with Crippen LogP contribution in [-0.4, -0.2) is 41.3 Å². The van der Waals surface area contributed by atoms with E-state index in [0.29, 0.717) is 30.9 Å². The van der Waals surface area contributed by atoms with Crippen LogP contribution in [0.25, 0.3) is 0 Å². The maximum Gasteiger partial charge on any atom is 0.255 e. The summed E-state index contributed by atoms with van der Waals surface area (Å²) in [5.74, 6) is -0.0509. The highest BCUT2D eigenvalue weighted by molar-refractivity contribution is 5.98. The number of hydrogen-bond donors (Lipinski definition) is 2. The van der Waals surface area contributed by atoms with Gasteiger partial charge in [0.05, 0.1) is 24.4 Å². The zero-order chi connectivity index (χ0) is 19.1. The summed E-state index contributed by atoms with van der Waals surface area (Å²) in [7, 11) is 1.90. The molecule has 0 bridgehead atoms. The second kappa shape index (κ2) is 9.03. The van der Waals surface area contributed by atoms with Crippen molar-refractivity contribution >= 4 is 11.8 Å². The Morgan fingerprint density at radius 2 is 1.92 bits per heavy atom. The zero-order valence-electron chi connectivity index (χ0n) is 15.8. The molecule has 1 aromatic heterocycles. The molecule has 0 aliphatic carbocycles. The van der Waals surface area contributed by atoms with E-state index in [9.17, 15) is 9.59 Å². The van der Waals surface area contributed by atoms with E-state index in [1.54, 1.807) is 24.3 Å². The molecule has 2 aromatic rings. The quantitative estimate of drug-likeness (QED) is 0.749. The van der Waals surface area contributed by atoms with Gasteiger partial charge in [0.1, 0.15) is 5.75 Å². The van der Waals surface area contributed by atoms with E-state index in [2.05, 4.69) is 15.7 Å². The number of nitrogens with one attached hydrogen (secondary N) is 2. The second-order valence-corrected chi connectivity index (χ2v) is 5.98. The molecule has 7 nitrogen and oxygen atoms in total. The summed E-state index contributed by atoms with van der Waals surface area (Å²) in [4.78, 5) is 24.2. The number of para-hydroxylation sites is 1. The Hall–Kier alpha value is -2.83. The molecule has 0 saturated carbocycles. The van der Waals surface area contributed by atoms with Crippen LogP contribution in [0.4, 0.5) is 0 Å². The third-order valence-corrected chi connectivity index (χ3v) is 4.20. The summed E-state index contributed by atoms with van der Waals surface area (Å²) in [5.41, 5.74) is 3.63. The van der Waals surface area contributed by atoms with Crippen molar-refractivity contribution in [2.45, 2.75) is 27.2 Å². The molecule has 0 fully saturated rings. The SMILES string of the molecule is CCOc1ccccc1C(=O)NCC(=O)NCCc1c(C)nn(C)c1C. The molecule has 0 radical (unpaired) electrons. The first kappa shape index (κ1) is 19.5. The van der Waals surface area contributed by atoms with Crippen molar-refractivity contribution in [2.24, 2.45) is 7.05 Å². The molecule has 0 aliphatic heterocycles. The minimum absolute atomic E-state index is 0.0791. The Morgan fingerprint density at radius 3 is 2.58 bits per heavy atom. The summed E-state index contributed by atoms with van der Waals surface area (Å²) in [6.45, 7) is 6.71. The highest BCUT2D eigenvalue weighted by atomic mass is 16.5. The highest BCUT2D eigenvalue weighted by Crippen LogP contribution is 2.17. The van der Waals surface area contributed by atoms with Crippen molar-refractivity contribution in [1.82, 2.24) is 20.4 Å². The number of benzene rings is 1. The Kier molecular flexibility index (Phi) is 6.77. The molecule has 1 heterocycles. The molecule has 7 heteroatoms. The molecule has 2 N–H and O–H groups in total. The third-order valence-electron chi connectivity index (χ3n) is 4.20. The van der Waals surface area contributed by atoms with Crippen LogP contribution in [0.15, 0.2) is 24.3 Å². The molecule has 0 atom stereocenters. The third kappa shape index (κ3) is 4.84. The number of aryl methyl sites for hydroxylation is 2. The van der Waals surface area contributed by atoms with Gasteiger partial charge in [-0.3, -0.25) is 14.3 Å². The van der Waals surface area contributed by atoms with Gasteiger partial charge in [-0.25, -0.2) is 0 Å². The molecule has 0 aliphatic rings. The molecule has 1 aromatic carbocycles. The van der Waals surface area contributed by atoms with E-state index in [-0.39, 0.29) is 18.4 Å². The zero-order valence-corrected chi connectivity index (χ0v) is 15.8.